The molecule has 1 aromatic heterocycles. The molecule has 98 valence electrons. The lowest BCUT2D eigenvalue weighted by Crippen LogP contribution is -2.23. The van der Waals surface area contributed by atoms with Gasteiger partial charge in [0.15, 0.2) is 0 Å². The maximum atomic E-state index is 8.02. The summed E-state index contributed by atoms with van der Waals surface area (Å²) in [4.78, 5) is 4.06. The van der Waals surface area contributed by atoms with Crippen molar-refractivity contribution in [2.75, 3.05) is 7.11 Å². The fourth-order valence-corrected chi connectivity index (χ4v) is 1.87. The number of halogens is 1. The van der Waals surface area contributed by atoms with Crippen molar-refractivity contribution in [3.63, 3.8) is 0 Å². The lowest BCUT2D eigenvalue weighted by molar-refractivity contribution is 0.396. The molecule has 0 aliphatic heterocycles. The van der Waals surface area contributed by atoms with Crippen LogP contribution in [-0.2, 0) is 6.54 Å². The summed E-state index contributed by atoms with van der Waals surface area (Å²) in [6.07, 6.45) is 1.63. The standard InChI is InChI=1S/C14H14ClN3O/c1-19-14-11(6-4-8-17-14)13(16)18-9-10-5-2-3-7-12(10)15/h2-8H,9H2,1H3,(H2,16,18). The molecule has 0 radical (unpaired) electrons. The Morgan fingerprint density at radius 1 is 1.32 bits per heavy atom. The Morgan fingerprint density at radius 3 is 2.84 bits per heavy atom. The van der Waals surface area contributed by atoms with Crippen LogP contribution in [0.25, 0.3) is 0 Å². The summed E-state index contributed by atoms with van der Waals surface area (Å²) in [5.74, 6) is 0.684. The number of methoxy groups -OCH3 is 1. The Hall–Kier alpha value is -2.07. The largest absolute Gasteiger partial charge is 0.480 e. The number of amidine groups is 1. The topological polar surface area (TPSA) is 58.0 Å². The van der Waals surface area contributed by atoms with Gasteiger partial charge in [-0.05, 0) is 23.8 Å². The number of ether oxygens (including phenoxy) is 1. The maximum Gasteiger partial charge on any atom is 0.224 e. The molecule has 0 bridgehead atoms. The van der Waals surface area contributed by atoms with Gasteiger partial charge in [0, 0.05) is 17.8 Å². The Balaban J connectivity index is 2.08. The molecule has 2 rings (SSSR count). The average Bonchev–Trinajstić information content (AvgIpc) is 2.46. The first-order valence-electron chi connectivity index (χ1n) is 5.77. The van der Waals surface area contributed by atoms with Crippen LogP contribution in [0, 0.1) is 5.41 Å². The lowest BCUT2D eigenvalue weighted by Gasteiger charge is -2.11. The zero-order valence-electron chi connectivity index (χ0n) is 10.5. The van der Waals surface area contributed by atoms with Crippen molar-refractivity contribution in [3.8, 4) is 5.88 Å². The molecule has 0 aliphatic rings. The lowest BCUT2D eigenvalue weighted by atomic mass is 10.2. The first-order chi connectivity index (χ1) is 9.22. The van der Waals surface area contributed by atoms with E-state index in [2.05, 4.69) is 10.3 Å². The van der Waals surface area contributed by atoms with E-state index in [9.17, 15) is 0 Å². The van der Waals surface area contributed by atoms with Gasteiger partial charge in [-0.2, -0.15) is 0 Å². The predicted molar refractivity (Wildman–Crippen MR) is 75.9 cm³/mol. The van der Waals surface area contributed by atoms with Crippen LogP contribution in [0.5, 0.6) is 5.88 Å². The van der Waals surface area contributed by atoms with E-state index in [0.717, 1.165) is 5.56 Å². The Bertz CT molecular complexity index is 586. The number of hydrogen-bond acceptors (Lipinski definition) is 3. The minimum Gasteiger partial charge on any atom is -0.480 e. The second kappa shape index (κ2) is 6.20. The zero-order chi connectivity index (χ0) is 13.7. The van der Waals surface area contributed by atoms with E-state index >= 15 is 0 Å². The SMILES string of the molecule is COc1ncccc1C(=N)NCc1ccccc1Cl. The normalized spacial score (nSPS) is 10.0. The van der Waals surface area contributed by atoms with E-state index in [1.807, 2.05) is 24.3 Å². The van der Waals surface area contributed by atoms with Gasteiger partial charge in [0.2, 0.25) is 5.88 Å². The molecule has 0 fully saturated rings. The summed E-state index contributed by atoms with van der Waals surface area (Å²) in [6, 6.07) is 11.1. The molecule has 2 aromatic rings. The summed E-state index contributed by atoms with van der Waals surface area (Å²) in [5, 5.41) is 11.7. The van der Waals surface area contributed by atoms with Crippen molar-refractivity contribution in [2.45, 2.75) is 6.54 Å². The van der Waals surface area contributed by atoms with Crippen molar-refractivity contribution in [1.82, 2.24) is 10.3 Å². The third kappa shape index (κ3) is 3.23. The van der Waals surface area contributed by atoms with Crippen molar-refractivity contribution in [1.29, 1.82) is 5.41 Å². The first kappa shape index (κ1) is 13.4. The van der Waals surface area contributed by atoms with Gasteiger partial charge in [0.05, 0.1) is 12.7 Å². The molecule has 2 N–H and O–H groups in total. The molecule has 5 heteroatoms. The first-order valence-corrected chi connectivity index (χ1v) is 6.15. The van der Waals surface area contributed by atoms with E-state index in [0.29, 0.717) is 23.0 Å². The predicted octanol–water partition coefficient (Wildman–Crippen LogP) is 2.86. The molecule has 1 heterocycles. The van der Waals surface area contributed by atoms with Crippen molar-refractivity contribution in [2.24, 2.45) is 0 Å². The van der Waals surface area contributed by atoms with E-state index < -0.39 is 0 Å². The maximum absolute atomic E-state index is 8.02. The molecule has 0 saturated carbocycles. The second-order valence-corrected chi connectivity index (χ2v) is 4.29. The molecular formula is C14H14ClN3O. The minimum atomic E-state index is 0.255. The smallest absolute Gasteiger partial charge is 0.224 e. The van der Waals surface area contributed by atoms with Gasteiger partial charge in [-0.15, -0.1) is 0 Å². The number of nitrogens with zero attached hydrogens (tertiary/aromatic N) is 1. The van der Waals surface area contributed by atoms with Crippen LogP contribution in [0.2, 0.25) is 5.02 Å². The fraction of sp³-hybridized carbons (Fsp3) is 0.143. The molecule has 0 atom stereocenters. The fourth-order valence-electron chi connectivity index (χ4n) is 1.66. The highest BCUT2D eigenvalue weighted by Crippen LogP contribution is 2.16. The number of rotatable bonds is 4. The summed E-state index contributed by atoms with van der Waals surface area (Å²) in [5.41, 5.74) is 1.56. The minimum absolute atomic E-state index is 0.255. The van der Waals surface area contributed by atoms with Gasteiger partial charge >= 0.3 is 0 Å². The van der Waals surface area contributed by atoms with Gasteiger partial charge in [0.25, 0.3) is 0 Å². The van der Waals surface area contributed by atoms with Gasteiger partial charge in [-0.1, -0.05) is 29.8 Å². The van der Waals surface area contributed by atoms with E-state index in [1.54, 1.807) is 18.3 Å². The van der Waals surface area contributed by atoms with Gasteiger partial charge in [0.1, 0.15) is 5.84 Å². The highest BCUT2D eigenvalue weighted by Gasteiger charge is 2.09. The van der Waals surface area contributed by atoms with Crippen LogP contribution >= 0.6 is 11.6 Å². The number of pyridine rings is 1. The summed E-state index contributed by atoms with van der Waals surface area (Å²) >= 11 is 6.06. The molecule has 4 nitrogen and oxygen atoms in total. The zero-order valence-corrected chi connectivity index (χ0v) is 11.2. The van der Waals surface area contributed by atoms with Crippen LogP contribution in [0.1, 0.15) is 11.1 Å². The summed E-state index contributed by atoms with van der Waals surface area (Å²) in [6.45, 7) is 0.483. The molecule has 0 saturated heterocycles. The third-order valence-electron chi connectivity index (χ3n) is 2.65. The molecule has 19 heavy (non-hydrogen) atoms. The van der Waals surface area contributed by atoms with Crippen LogP contribution < -0.4 is 10.1 Å². The quantitative estimate of drug-likeness (QED) is 0.666. The highest BCUT2D eigenvalue weighted by molar-refractivity contribution is 6.31. The molecule has 1 aromatic carbocycles. The summed E-state index contributed by atoms with van der Waals surface area (Å²) in [7, 11) is 1.53. The van der Waals surface area contributed by atoms with Crippen molar-refractivity contribution < 1.29 is 4.74 Å². The van der Waals surface area contributed by atoms with Crippen molar-refractivity contribution in [3.05, 3.63) is 58.7 Å². The van der Waals surface area contributed by atoms with Crippen LogP contribution in [-0.4, -0.2) is 17.9 Å². The number of hydrogen-bond donors (Lipinski definition) is 2. The van der Waals surface area contributed by atoms with Gasteiger partial charge < -0.3 is 10.1 Å². The van der Waals surface area contributed by atoms with E-state index in [4.69, 9.17) is 21.7 Å². The molecule has 0 spiro atoms. The molecular weight excluding hydrogens is 262 g/mol. The van der Waals surface area contributed by atoms with Gasteiger partial charge in [-0.25, -0.2) is 4.98 Å². The average molecular weight is 276 g/mol. The Kier molecular flexibility index (Phi) is 4.36. The van der Waals surface area contributed by atoms with Crippen LogP contribution in [0.15, 0.2) is 42.6 Å². The van der Waals surface area contributed by atoms with Crippen LogP contribution in [0.3, 0.4) is 0 Å². The Labute approximate surface area is 116 Å². The van der Waals surface area contributed by atoms with Gasteiger partial charge in [-0.3, -0.25) is 5.41 Å². The van der Waals surface area contributed by atoms with Crippen LogP contribution in [0.4, 0.5) is 0 Å². The van der Waals surface area contributed by atoms with E-state index in [1.165, 1.54) is 7.11 Å². The molecule has 0 aliphatic carbocycles. The molecule has 0 amide bonds. The number of benzene rings is 1. The Morgan fingerprint density at radius 2 is 2.11 bits per heavy atom. The summed E-state index contributed by atoms with van der Waals surface area (Å²) < 4.78 is 5.12. The molecule has 0 unspecified atom stereocenters. The second-order valence-electron chi connectivity index (χ2n) is 3.88. The van der Waals surface area contributed by atoms with Crippen molar-refractivity contribution >= 4 is 17.4 Å². The van der Waals surface area contributed by atoms with E-state index in [-0.39, 0.29) is 5.84 Å². The monoisotopic (exact) mass is 275 g/mol. The third-order valence-corrected chi connectivity index (χ3v) is 3.02. The highest BCUT2D eigenvalue weighted by atomic mass is 35.5. The number of aromatic nitrogens is 1. The number of nitrogens with one attached hydrogen (secondary N) is 2.